The van der Waals surface area contributed by atoms with Crippen molar-refractivity contribution in [1.29, 1.82) is 0 Å². The van der Waals surface area contributed by atoms with Crippen LogP contribution in [0, 0.1) is 0 Å². The molecular weight excluding hydrogens is 306 g/mol. The first-order valence-corrected chi connectivity index (χ1v) is 7.61. The number of benzene rings is 1. The van der Waals surface area contributed by atoms with Gasteiger partial charge in [-0.05, 0) is 50.1 Å². The van der Waals surface area contributed by atoms with E-state index >= 15 is 0 Å². The molecule has 1 aliphatic rings. The van der Waals surface area contributed by atoms with Crippen molar-refractivity contribution in [2.75, 3.05) is 27.3 Å². The van der Waals surface area contributed by atoms with E-state index in [-0.39, 0.29) is 0 Å². The smallest absolute Gasteiger partial charge is 0.119 e. The molecule has 19 heavy (non-hydrogen) atoms. The number of rotatable bonds is 5. The SMILES string of the molecule is COc1ccc(Br)c(CN(C)CC2CCCCO2)c1. The van der Waals surface area contributed by atoms with Gasteiger partial charge in [-0.3, -0.25) is 4.90 Å². The molecule has 0 N–H and O–H groups in total. The van der Waals surface area contributed by atoms with E-state index in [1.54, 1.807) is 7.11 Å². The normalized spacial score (nSPS) is 19.7. The summed E-state index contributed by atoms with van der Waals surface area (Å²) in [5.41, 5.74) is 1.25. The topological polar surface area (TPSA) is 21.7 Å². The highest BCUT2D eigenvalue weighted by Crippen LogP contribution is 2.24. The standard InChI is InChI=1S/C15H22BrNO2/c1-17(11-14-5-3-4-8-19-14)10-12-9-13(18-2)6-7-15(12)16/h6-7,9,14H,3-5,8,10-11H2,1-2H3. The zero-order chi connectivity index (χ0) is 13.7. The first-order valence-electron chi connectivity index (χ1n) is 6.81. The van der Waals surface area contributed by atoms with Crippen LogP contribution in [0.15, 0.2) is 22.7 Å². The van der Waals surface area contributed by atoms with Gasteiger partial charge in [0.05, 0.1) is 13.2 Å². The molecule has 3 nitrogen and oxygen atoms in total. The Hall–Kier alpha value is -0.580. The van der Waals surface area contributed by atoms with Crippen molar-refractivity contribution < 1.29 is 9.47 Å². The minimum absolute atomic E-state index is 0.392. The number of likely N-dealkylation sites (N-methyl/N-ethyl adjacent to an activating group) is 1. The molecule has 1 fully saturated rings. The highest BCUT2D eigenvalue weighted by atomic mass is 79.9. The molecule has 106 valence electrons. The van der Waals surface area contributed by atoms with E-state index in [2.05, 4.69) is 33.9 Å². The molecule has 0 aliphatic carbocycles. The lowest BCUT2D eigenvalue weighted by atomic mass is 10.1. The van der Waals surface area contributed by atoms with Crippen LogP contribution in [0.3, 0.4) is 0 Å². The van der Waals surface area contributed by atoms with Crippen molar-refractivity contribution in [3.05, 3.63) is 28.2 Å². The second-order valence-electron chi connectivity index (χ2n) is 5.14. The third-order valence-corrected chi connectivity index (χ3v) is 4.26. The number of hydrogen-bond acceptors (Lipinski definition) is 3. The van der Waals surface area contributed by atoms with E-state index < -0.39 is 0 Å². The number of methoxy groups -OCH3 is 1. The molecule has 1 heterocycles. The van der Waals surface area contributed by atoms with Crippen LogP contribution < -0.4 is 4.74 Å². The zero-order valence-corrected chi connectivity index (χ0v) is 13.3. The van der Waals surface area contributed by atoms with Crippen LogP contribution in [-0.2, 0) is 11.3 Å². The maximum absolute atomic E-state index is 5.78. The van der Waals surface area contributed by atoms with Crippen LogP contribution in [-0.4, -0.2) is 38.3 Å². The Labute approximate surface area is 124 Å². The summed E-state index contributed by atoms with van der Waals surface area (Å²) in [5.74, 6) is 0.903. The number of nitrogens with zero attached hydrogens (tertiary/aromatic N) is 1. The lowest BCUT2D eigenvalue weighted by Crippen LogP contribution is -2.33. The highest BCUT2D eigenvalue weighted by Gasteiger charge is 2.16. The summed E-state index contributed by atoms with van der Waals surface area (Å²) in [6.45, 7) is 2.81. The molecule has 1 saturated heterocycles. The van der Waals surface area contributed by atoms with E-state index in [1.807, 2.05) is 12.1 Å². The molecule has 0 radical (unpaired) electrons. The molecule has 0 spiro atoms. The van der Waals surface area contributed by atoms with Crippen LogP contribution in [0.5, 0.6) is 5.75 Å². The van der Waals surface area contributed by atoms with Crippen molar-refractivity contribution in [1.82, 2.24) is 4.90 Å². The average Bonchev–Trinajstić information content (AvgIpc) is 2.42. The Balaban J connectivity index is 1.92. The van der Waals surface area contributed by atoms with Gasteiger partial charge in [0.2, 0.25) is 0 Å². The van der Waals surface area contributed by atoms with Crippen LogP contribution in [0.1, 0.15) is 24.8 Å². The maximum Gasteiger partial charge on any atom is 0.119 e. The van der Waals surface area contributed by atoms with Crippen molar-refractivity contribution in [3.63, 3.8) is 0 Å². The third-order valence-electron chi connectivity index (χ3n) is 3.48. The van der Waals surface area contributed by atoms with Gasteiger partial charge in [-0.15, -0.1) is 0 Å². The largest absolute Gasteiger partial charge is 0.497 e. The van der Waals surface area contributed by atoms with Gasteiger partial charge >= 0.3 is 0 Å². The molecular formula is C15H22BrNO2. The summed E-state index contributed by atoms with van der Waals surface area (Å²) in [6.07, 6.45) is 4.08. The maximum atomic E-state index is 5.78. The average molecular weight is 328 g/mol. The molecule has 1 aromatic rings. The quantitative estimate of drug-likeness (QED) is 0.826. The lowest BCUT2D eigenvalue weighted by molar-refractivity contribution is -0.00262. The number of hydrogen-bond donors (Lipinski definition) is 0. The molecule has 2 rings (SSSR count). The van der Waals surface area contributed by atoms with E-state index in [0.717, 1.165) is 29.9 Å². The molecule has 1 aromatic carbocycles. The van der Waals surface area contributed by atoms with Crippen LogP contribution >= 0.6 is 15.9 Å². The first-order chi connectivity index (χ1) is 9.19. The van der Waals surface area contributed by atoms with Gasteiger partial charge < -0.3 is 9.47 Å². The van der Waals surface area contributed by atoms with E-state index in [9.17, 15) is 0 Å². The fourth-order valence-electron chi connectivity index (χ4n) is 2.45. The molecule has 0 amide bonds. The summed E-state index contributed by atoms with van der Waals surface area (Å²) >= 11 is 3.60. The lowest BCUT2D eigenvalue weighted by Gasteiger charge is -2.27. The monoisotopic (exact) mass is 327 g/mol. The highest BCUT2D eigenvalue weighted by molar-refractivity contribution is 9.10. The Morgan fingerprint density at radius 3 is 2.95 bits per heavy atom. The van der Waals surface area contributed by atoms with Crippen molar-refractivity contribution >= 4 is 15.9 Å². The molecule has 4 heteroatoms. The second-order valence-corrected chi connectivity index (χ2v) is 6.00. The second kappa shape index (κ2) is 7.27. The fraction of sp³-hybridized carbons (Fsp3) is 0.600. The summed E-state index contributed by atoms with van der Waals surface area (Å²) in [6, 6.07) is 6.10. The summed E-state index contributed by atoms with van der Waals surface area (Å²) in [5, 5.41) is 0. The van der Waals surface area contributed by atoms with Crippen molar-refractivity contribution in [3.8, 4) is 5.75 Å². The van der Waals surface area contributed by atoms with Gasteiger partial charge in [0, 0.05) is 24.2 Å². The van der Waals surface area contributed by atoms with Gasteiger partial charge in [0.15, 0.2) is 0 Å². The summed E-state index contributed by atoms with van der Waals surface area (Å²) in [4.78, 5) is 2.32. The zero-order valence-electron chi connectivity index (χ0n) is 11.7. The van der Waals surface area contributed by atoms with E-state index in [1.165, 1.54) is 24.8 Å². The van der Waals surface area contributed by atoms with Gasteiger partial charge in [0.25, 0.3) is 0 Å². The van der Waals surface area contributed by atoms with E-state index in [0.29, 0.717) is 6.10 Å². The molecule has 0 aromatic heterocycles. The minimum atomic E-state index is 0.392. The summed E-state index contributed by atoms with van der Waals surface area (Å²) in [7, 11) is 3.84. The fourth-order valence-corrected chi connectivity index (χ4v) is 2.83. The van der Waals surface area contributed by atoms with Gasteiger partial charge in [-0.25, -0.2) is 0 Å². The summed E-state index contributed by atoms with van der Waals surface area (Å²) < 4.78 is 12.2. The Kier molecular flexibility index (Phi) is 5.67. The predicted molar refractivity (Wildman–Crippen MR) is 80.6 cm³/mol. The van der Waals surface area contributed by atoms with Gasteiger partial charge in [-0.1, -0.05) is 15.9 Å². The number of ether oxygens (including phenoxy) is 2. The van der Waals surface area contributed by atoms with Crippen LogP contribution in [0.4, 0.5) is 0 Å². The van der Waals surface area contributed by atoms with Crippen LogP contribution in [0.2, 0.25) is 0 Å². The van der Waals surface area contributed by atoms with Crippen LogP contribution in [0.25, 0.3) is 0 Å². The van der Waals surface area contributed by atoms with E-state index in [4.69, 9.17) is 9.47 Å². The molecule has 1 unspecified atom stereocenters. The molecule has 1 atom stereocenters. The molecule has 1 aliphatic heterocycles. The van der Waals surface area contributed by atoms with Gasteiger partial charge in [0.1, 0.15) is 5.75 Å². The Morgan fingerprint density at radius 2 is 2.26 bits per heavy atom. The Morgan fingerprint density at radius 1 is 1.42 bits per heavy atom. The first kappa shape index (κ1) is 14.8. The molecule has 0 saturated carbocycles. The third kappa shape index (κ3) is 4.48. The number of halogens is 1. The van der Waals surface area contributed by atoms with Gasteiger partial charge in [-0.2, -0.15) is 0 Å². The minimum Gasteiger partial charge on any atom is -0.497 e. The van der Waals surface area contributed by atoms with Crippen molar-refractivity contribution in [2.45, 2.75) is 31.9 Å². The molecule has 0 bridgehead atoms. The predicted octanol–water partition coefficient (Wildman–Crippen LogP) is 3.46. The van der Waals surface area contributed by atoms with Crippen molar-refractivity contribution in [2.24, 2.45) is 0 Å². The Bertz CT molecular complexity index is 405.